The molecule has 0 saturated carbocycles. The minimum Gasteiger partial charge on any atom is -0.374 e. The van der Waals surface area contributed by atoms with E-state index in [0.717, 1.165) is 17.8 Å². The van der Waals surface area contributed by atoms with E-state index in [0.29, 0.717) is 12.0 Å². The lowest BCUT2D eigenvalue weighted by Gasteiger charge is -2.33. The largest absolute Gasteiger partial charge is 0.374 e. The van der Waals surface area contributed by atoms with E-state index >= 15 is 0 Å². The molecule has 6 heteroatoms. The van der Waals surface area contributed by atoms with Crippen LogP contribution in [0.5, 0.6) is 0 Å². The normalized spacial score (nSPS) is 17.4. The maximum Gasteiger partial charge on any atom is 0.241 e. The highest BCUT2D eigenvalue weighted by atomic mass is 32.2. The molecule has 1 aliphatic heterocycles. The SMILES string of the molecule is CC(=O)c1cccc(S(=O)(=O)NC2CCN(C)c3ccccc32)c1. The Bertz CT molecular complexity index is 877. The number of para-hydroxylation sites is 1. The number of Topliss-reactive ketones (excluding diaryl/α,β-unsaturated/α-hetero) is 1. The summed E-state index contributed by atoms with van der Waals surface area (Å²) in [6, 6.07) is 13.7. The summed E-state index contributed by atoms with van der Waals surface area (Å²) in [6.07, 6.45) is 0.694. The Morgan fingerprint density at radius 3 is 2.67 bits per heavy atom. The monoisotopic (exact) mass is 344 g/mol. The van der Waals surface area contributed by atoms with E-state index in [1.54, 1.807) is 12.1 Å². The first-order chi connectivity index (χ1) is 11.4. The standard InChI is InChI=1S/C18H20N2O3S/c1-13(21)14-6-5-7-15(12-14)24(22,23)19-17-10-11-20(2)18-9-4-3-8-16(17)18/h3-9,12,17,19H,10-11H2,1-2H3. The molecular weight excluding hydrogens is 324 g/mol. The molecule has 1 aliphatic rings. The molecule has 126 valence electrons. The van der Waals surface area contributed by atoms with Crippen molar-refractivity contribution in [2.75, 3.05) is 18.5 Å². The Labute approximate surface area is 142 Å². The first-order valence-electron chi connectivity index (χ1n) is 7.82. The summed E-state index contributed by atoms with van der Waals surface area (Å²) < 4.78 is 28.2. The molecule has 0 amide bonds. The zero-order valence-electron chi connectivity index (χ0n) is 13.7. The molecule has 1 heterocycles. The predicted octanol–water partition coefficient (Wildman–Crippen LogP) is 2.75. The third-order valence-electron chi connectivity index (χ3n) is 4.32. The topological polar surface area (TPSA) is 66.5 Å². The van der Waals surface area contributed by atoms with Gasteiger partial charge in [0.2, 0.25) is 10.0 Å². The number of rotatable bonds is 4. The van der Waals surface area contributed by atoms with E-state index in [4.69, 9.17) is 0 Å². The lowest BCUT2D eigenvalue weighted by atomic mass is 9.98. The zero-order valence-corrected chi connectivity index (χ0v) is 14.5. The molecule has 1 unspecified atom stereocenters. The smallest absolute Gasteiger partial charge is 0.241 e. The summed E-state index contributed by atoms with van der Waals surface area (Å²) in [5.74, 6) is -0.156. The van der Waals surface area contributed by atoms with Crippen molar-refractivity contribution in [3.05, 3.63) is 59.7 Å². The summed E-state index contributed by atoms with van der Waals surface area (Å²) >= 11 is 0. The van der Waals surface area contributed by atoms with E-state index in [1.165, 1.54) is 19.1 Å². The van der Waals surface area contributed by atoms with Gasteiger partial charge in [-0.15, -0.1) is 0 Å². The van der Waals surface area contributed by atoms with Crippen LogP contribution in [0.2, 0.25) is 0 Å². The van der Waals surface area contributed by atoms with E-state index in [1.807, 2.05) is 31.3 Å². The van der Waals surface area contributed by atoms with Gasteiger partial charge in [0.05, 0.1) is 10.9 Å². The Hall–Kier alpha value is -2.18. The summed E-state index contributed by atoms with van der Waals surface area (Å²) in [5, 5.41) is 0. The number of sulfonamides is 1. The molecule has 3 rings (SSSR count). The predicted molar refractivity (Wildman–Crippen MR) is 93.8 cm³/mol. The lowest BCUT2D eigenvalue weighted by molar-refractivity contribution is 0.101. The van der Waals surface area contributed by atoms with Gasteiger partial charge < -0.3 is 4.90 Å². The van der Waals surface area contributed by atoms with Crippen molar-refractivity contribution < 1.29 is 13.2 Å². The third kappa shape index (κ3) is 3.20. The van der Waals surface area contributed by atoms with Gasteiger partial charge >= 0.3 is 0 Å². The molecule has 1 atom stereocenters. The first-order valence-corrected chi connectivity index (χ1v) is 9.30. The molecule has 0 aliphatic carbocycles. The fourth-order valence-corrected chi connectivity index (χ4v) is 4.28. The van der Waals surface area contributed by atoms with Gasteiger partial charge in [0.15, 0.2) is 5.78 Å². The van der Waals surface area contributed by atoms with Crippen LogP contribution in [0.3, 0.4) is 0 Å². The highest BCUT2D eigenvalue weighted by molar-refractivity contribution is 7.89. The number of carbonyl (C=O) groups excluding carboxylic acids is 1. The van der Waals surface area contributed by atoms with E-state index in [2.05, 4.69) is 9.62 Å². The van der Waals surface area contributed by atoms with Gasteiger partial charge in [-0.25, -0.2) is 13.1 Å². The number of fused-ring (bicyclic) bond motifs is 1. The maximum absolute atomic E-state index is 12.7. The molecule has 0 saturated heterocycles. The minimum atomic E-state index is -3.70. The second-order valence-electron chi connectivity index (χ2n) is 6.03. The van der Waals surface area contributed by atoms with Gasteiger partial charge in [0.25, 0.3) is 0 Å². The second-order valence-corrected chi connectivity index (χ2v) is 7.74. The van der Waals surface area contributed by atoms with Gasteiger partial charge in [-0.1, -0.05) is 30.3 Å². The van der Waals surface area contributed by atoms with Crippen molar-refractivity contribution in [2.24, 2.45) is 0 Å². The number of nitrogens with one attached hydrogen (secondary N) is 1. The van der Waals surface area contributed by atoms with Gasteiger partial charge in [-0.2, -0.15) is 0 Å². The van der Waals surface area contributed by atoms with Crippen LogP contribution in [0.4, 0.5) is 5.69 Å². The fraction of sp³-hybridized carbons (Fsp3) is 0.278. The van der Waals surface area contributed by atoms with Crippen molar-refractivity contribution in [1.29, 1.82) is 0 Å². The number of anilines is 1. The number of nitrogens with zero attached hydrogens (tertiary/aromatic N) is 1. The van der Waals surface area contributed by atoms with Crippen LogP contribution >= 0.6 is 0 Å². The van der Waals surface area contributed by atoms with Crippen molar-refractivity contribution in [3.63, 3.8) is 0 Å². The van der Waals surface area contributed by atoms with Gasteiger partial charge in [-0.05, 0) is 37.1 Å². The molecule has 0 spiro atoms. The number of benzene rings is 2. The molecule has 0 radical (unpaired) electrons. The summed E-state index contributed by atoms with van der Waals surface area (Å²) in [5.41, 5.74) is 2.40. The van der Waals surface area contributed by atoms with Crippen molar-refractivity contribution in [1.82, 2.24) is 4.72 Å². The average molecular weight is 344 g/mol. The van der Waals surface area contributed by atoms with Gasteiger partial charge in [-0.3, -0.25) is 4.79 Å². The molecule has 5 nitrogen and oxygen atoms in total. The lowest BCUT2D eigenvalue weighted by Crippen LogP contribution is -2.36. The fourth-order valence-electron chi connectivity index (χ4n) is 2.99. The highest BCUT2D eigenvalue weighted by Gasteiger charge is 2.27. The summed E-state index contributed by atoms with van der Waals surface area (Å²) in [6.45, 7) is 2.20. The van der Waals surface area contributed by atoms with Crippen LogP contribution in [0.1, 0.15) is 35.3 Å². The molecule has 2 aromatic carbocycles. The summed E-state index contributed by atoms with van der Waals surface area (Å²) in [7, 11) is -1.70. The van der Waals surface area contributed by atoms with Crippen LogP contribution in [-0.4, -0.2) is 27.8 Å². The number of carbonyl (C=O) groups is 1. The molecule has 0 fully saturated rings. The Morgan fingerprint density at radius 1 is 1.17 bits per heavy atom. The quantitative estimate of drug-likeness (QED) is 0.866. The Kier molecular flexibility index (Phi) is 4.43. The molecule has 0 aromatic heterocycles. The van der Waals surface area contributed by atoms with Gasteiger partial charge in [0.1, 0.15) is 0 Å². The number of hydrogen-bond donors (Lipinski definition) is 1. The van der Waals surface area contributed by atoms with E-state index in [9.17, 15) is 13.2 Å². The van der Waals surface area contributed by atoms with Crippen molar-refractivity contribution in [2.45, 2.75) is 24.3 Å². The first kappa shape index (κ1) is 16.7. The minimum absolute atomic E-state index is 0.117. The van der Waals surface area contributed by atoms with Crippen molar-refractivity contribution in [3.8, 4) is 0 Å². The van der Waals surface area contributed by atoms with Crippen LogP contribution in [0.25, 0.3) is 0 Å². The Morgan fingerprint density at radius 2 is 1.92 bits per heavy atom. The summed E-state index contributed by atoms with van der Waals surface area (Å²) in [4.78, 5) is 13.7. The molecule has 0 bridgehead atoms. The van der Waals surface area contributed by atoms with Crippen LogP contribution in [0, 0.1) is 0 Å². The number of ketones is 1. The average Bonchev–Trinajstić information content (AvgIpc) is 2.58. The van der Waals surface area contributed by atoms with Crippen LogP contribution < -0.4 is 9.62 Å². The molecule has 24 heavy (non-hydrogen) atoms. The Balaban J connectivity index is 1.92. The second kappa shape index (κ2) is 6.37. The van der Waals surface area contributed by atoms with E-state index in [-0.39, 0.29) is 16.7 Å². The number of hydrogen-bond acceptors (Lipinski definition) is 4. The molecule has 1 N–H and O–H groups in total. The van der Waals surface area contributed by atoms with E-state index < -0.39 is 10.0 Å². The zero-order chi connectivity index (χ0) is 17.3. The van der Waals surface area contributed by atoms with Crippen molar-refractivity contribution >= 4 is 21.5 Å². The van der Waals surface area contributed by atoms with Gasteiger partial charge in [0, 0.05) is 24.8 Å². The third-order valence-corrected chi connectivity index (χ3v) is 5.79. The molecular formula is C18H20N2O3S. The molecule has 2 aromatic rings. The van der Waals surface area contributed by atoms with Crippen LogP contribution in [0.15, 0.2) is 53.4 Å². The van der Waals surface area contributed by atoms with Crippen LogP contribution in [-0.2, 0) is 10.0 Å². The highest BCUT2D eigenvalue weighted by Crippen LogP contribution is 2.33. The maximum atomic E-state index is 12.7.